The van der Waals surface area contributed by atoms with Gasteiger partial charge in [-0.15, -0.1) is 0 Å². The van der Waals surface area contributed by atoms with Crippen LogP contribution in [0, 0.1) is 5.92 Å². The van der Waals surface area contributed by atoms with Gasteiger partial charge in [0.25, 0.3) is 0 Å². The maximum Gasteiger partial charge on any atom is 0.0252 e. The molecule has 1 rings (SSSR count). The summed E-state index contributed by atoms with van der Waals surface area (Å²) in [5.41, 5.74) is 0. The molecule has 1 aliphatic rings. The Bertz CT molecular complexity index is 225. The molecule has 0 bridgehead atoms. The summed E-state index contributed by atoms with van der Waals surface area (Å²) < 4.78 is 0. The van der Waals surface area contributed by atoms with E-state index in [1.807, 2.05) is 0 Å². The fraction of sp³-hybridized carbons (Fsp3) is 1.00. The molecule has 0 heterocycles. The summed E-state index contributed by atoms with van der Waals surface area (Å²) in [5, 5.41) is 3.83. The molecule has 19 heavy (non-hydrogen) atoms. The molecule has 0 saturated heterocycles. The molecular weight excluding hydrogens is 232 g/mol. The van der Waals surface area contributed by atoms with Gasteiger partial charge in [-0.3, -0.25) is 4.90 Å². The highest BCUT2D eigenvalue weighted by Crippen LogP contribution is 2.25. The minimum Gasteiger partial charge on any atom is -0.312 e. The van der Waals surface area contributed by atoms with Crippen LogP contribution in [-0.2, 0) is 0 Å². The Balaban J connectivity index is 2.73. The van der Waals surface area contributed by atoms with Crippen molar-refractivity contribution in [3.63, 3.8) is 0 Å². The van der Waals surface area contributed by atoms with Gasteiger partial charge < -0.3 is 5.32 Å². The first-order valence-electron chi connectivity index (χ1n) is 8.55. The first-order valence-corrected chi connectivity index (χ1v) is 8.55. The van der Waals surface area contributed by atoms with Gasteiger partial charge in [-0.05, 0) is 45.6 Å². The van der Waals surface area contributed by atoms with Gasteiger partial charge in [0.2, 0.25) is 0 Å². The summed E-state index contributed by atoms with van der Waals surface area (Å²) in [6.07, 6.45) is 8.24. The fourth-order valence-electron chi connectivity index (χ4n) is 3.40. The molecule has 1 aliphatic carbocycles. The molecule has 0 radical (unpaired) electrons. The first-order chi connectivity index (χ1) is 9.06. The maximum atomic E-state index is 3.83. The molecule has 1 fully saturated rings. The van der Waals surface area contributed by atoms with Crippen LogP contribution >= 0.6 is 0 Å². The van der Waals surface area contributed by atoms with Crippen LogP contribution in [0.25, 0.3) is 0 Å². The maximum absolute atomic E-state index is 3.83. The van der Waals surface area contributed by atoms with Crippen LogP contribution in [0.15, 0.2) is 0 Å². The van der Waals surface area contributed by atoms with E-state index in [9.17, 15) is 0 Å². The minimum absolute atomic E-state index is 0.663. The van der Waals surface area contributed by atoms with Crippen molar-refractivity contribution < 1.29 is 0 Å². The highest BCUT2D eigenvalue weighted by Gasteiger charge is 2.30. The van der Waals surface area contributed by atoms with Gasteiger partial charge >= 0.3 is 0 Å². The van der Waals surface area contributed by atoms with E-state index >= 15 is 0 Å². The highest BCUT2D eigenvalue weighted by atomic mass is 15.2. The highest BCUT2D eigenvalue weighted by molar-refractivity contribution is 4.88. The standard InChI is InChI=1S/C17H36N2/c1-6-12-18-16-10-8-7-9-11-17(16)19(15(4)5)13-14(2)3/h14-18H,6-13H2,1-5H3. The van der Waals surface area contributed by atoms with Crippen LogP contribution in [0.1, 0.15) is 73.1 Å². The zero-order valence-electron chi connectivity index (χ0n) is 13.9. The molecule has 2 heteroatoms. The third kappa shape index (κ3) is 5.83. The van der Waals surface area contributed by atoms with E-state index in [2.05, 4.69) is 44.8 Å². The molecule has 2 unspecified atom stereocenters. The largest absolute Gasteiger partial charge is 0.312 e. The Labute approximate surface area is 121 Å². The predicted octanol–water partition coefficient (Wildman–Crippen LogP) is 4.05. The third-order valence-electron chi connectivity index (χ3n) is 4.30. The van der Waals surface area contributed by atoms with Crippen molar-refractivity contribution >= 4 is 0 Å². The number of nitrogens with one attached hydrogen (secondary N) is 1. The second kappa shape index (κ2) is 8.97. The number of hydrogen-bond acceptors (Lipinski definition) is 2. The second-order valence-corrected chi connectivity index (χ2v) is 6.95. The third-order valence-corrected chi connectivity index (χ3v) is 4.30. The Morgan fingerprint density at radius 1 is 1.05 bits per heavy atom. The van der Waals surface area contributed by atoms with Crippen LogP contribution < -0.4 is 5.32 Å². The van der Waals surface area contributed by atoms with Crippen molar-refractivity contribution in [2.24, 2.45) is 5.92 Å². The normalized spacial score (nSPS) is 25.3. The number of nitrogens with zero attached hydrogens (tertiary/aromatic N) is 1. The van der Waals surface area contributed by atoms with Crippen molar-refractivity contribution in [3.05, 3.63) is 0 Å². The Kier molecular flexibility index (Phi) is 8.01. The van der Waals surface area contributed by atoms with Crippen molar-refractivity contribution in [1.82, 2.24) is 10.2 Å². The van der Waals surface area contributed by atoms with Gasteiger partial charge in [0.05, 0.1) is 0 Å². The summed E-state index contributed by atoms with van der Waals surface area (Å²) in [7, 11) is 0. The van der Waals surface area contributed by atoms with E-state index in [1.165, 1.54) is 51.6 Å². The molecule has 1 saturated carbocycles. The first kappa shape index (κ1) is 17.0. The summed E-state index contributed by atoms with van der Waals surface area (Å²) in [4.78, 5) is 2.77. The van der Waals surface area contributed by atoms with E-state index < -0.39 is 0 Å². The van der Waals surface area contributed by atoms with Crippen LogP contribution in [0.2, 0.25) is 0 Å². The lowest BCUT2D eigenvalue weighted by atomic mass is 9.98. The monoisotopic (exact) mass is 268 g/mol. The summed E-state index contributed by atoms with van der Waals surface area (Å²) in [6.45, 7) is 14.1. The fourth-order valence-corrected chi connectivity index (χ4v) is 3.40. The van der Waals surface area contributed by atoms with E-state index in [4.69, 9.17) is 0 Å². The van der Waals surface area contributed by atoms with Gasteiger partial charge in [-0.25, -0.2) is 0 Å². The van der Waals surface area contributed by atoms with Crippen LogP contribution in [-0.4, -0.2) is 36.1 Å². The Morgan fingerprint density at radius 2 is 1.74 bits per heavy atom. The molecule has 0 aromatic heterocycles. The van der Waals surface area contributed by atoms with Crippen molar-refractivity contribution in [2.75, 3.05) is 13.1 Å². The molecule has 0 amide bonds. The van der Waals surface area contributed by atoms with E-state index in [-0.39, 0.29) is 0 Å². The zero-order valence-corrected chi connectivity index (χ0v) is 13.9. The topological polar surface area (TPSA) is 15.3 Å². The summed E-state index contributed by atoms with van der Waals surface area (Å²) in [5.74, 6) is 0.762. The van der Waals surface area contributed by atoms with E-state index in [0.29, 0.717) is 12.1 Å². The van der Waals surface area contributed by atoms with Crippen molar-refractivity contribution in [3.8, 4) is 0 Å². The predicted molar refractivity (Wildman–Crippen MR) is 85.6 cm³/mol. The van der Waals surface area contributed by atoms with Gasteiger partial charge in [0, 0.05) is 24.7 Å². The minimum atomic E-state index is 0.663. The van der Waals surface area contributed by atoms with Crippen molar-refractivity contribution in [2.45, 2.75) is 91.3 Å². The van der Waals surface area contributed by atoms with Gasteiger partial charge in [-0.1, -0.05) is 40.0 Å². The molecule has 1 N–H and O–H groups in total. The average Bonchev–Trinajstić information content (AvgIpc) is 2.58. The number of hydrogen-bond donors (Lipinski definition) is 1. The molecule has 0 aliphatic heterocycles. The van der Waals surface area contributed by atoms with Gasteiger partial charge in [-0.2, -0.15) is 0 Å². The molecule has 114 valence electrons. The SMILES string of the molecule is CCCNC1CCCCCC1N(CC(C)C)C(C)C. The lowest BCUT2D eigenvalue weighted by Crippen LogP contribution is -2.53. The molecule has 2 atom stereocenters. The van der Waals surface area contributed by atoms with Gasteiger partial charge in [0.1, 0.15) is 0 Å². The molecular formula is C17H36N2. The Hall–Kier alpha value is -0.0800. The van der Waals surface area contributed by atoms with Crippen molar-refractivity contribution in [1.29, 1.82) is 0 Å². The smallest absolute Gasteiger partial charge is 0.0252 e. The molecule has 0 spiro atoms. The lowest BCUT2D eigenvalue weighted by Gasteiger charge is -2.40. The second-order valence-electron chi connectivity index (χ2n) is 6.95. The molecule has 0 aromatic rings. The molecule has 2 nitrogen and oxygen atoms in total. The summed E-state index contributed by atoms with van der Waals surface area (Å²) in [6, 6.07) is 2.12. The van der Waals surface area contributed by atoms with Crippen LogP contribution in [0.4, 0.5) is 0 Å². The van der Waals surface area contributed by atoms with E-state index in [1.54, 1.807) is 0 Å². The Morgan fingerprint density at radius 3 is 2.32 bits per heavy atom. The van der Waals surface area contributed by atoms with Crippen LogP contribution in [0.3, 0.4) is 0 Å². The molecule has 0 aromatic carbocycles. The van der Waals surface area contributed by atoms with E-state index in [0.717, 1.165) is 12.0 Å². The zero-order chi connectivity index (χ0) is 14.3. The lowest BCUT2D eigenvalue weighted by molar-refractivity contribution is 0.0994. The van der Waals surface area contributed by atoms with Gasteiger partial charge in [0.15, 0.2) is 0 Å². The quantitative estimate of drug-likeness (QED) is 0.701. The number of rotatable bonds is 7. The van der Waals surface area contributed by atoms with Crippen LogP contribution in [0.5, 0.6) is 0 Å². The summed E-state index contributed by atoms with van der Waals surface area (Å²) >= 11 is 0. The average molecular weight is 268 g/mol.